The van der Waals surface area contributed by atoms with Crippen LogP contribution in [0.4, 0.5) is 15.0 Å². The van der Waals surface area contributed by atoms with Crippen LogP contribution < -0.4 is 15.8 Å². The number of carbonyl (C=O) groups is 1. The lowest BCUT2D eigenvalue weighted by atomic mass is 10.0. The Hall–Kier alpha value is -3.29. The van der Waals surface area contributed by atoms with E-state index in [0.717, 1.165) is 16.5 Å². The van der Waals surface area contributed by atoms with Crippen LogP contribution in [0.2, 0.25) is 0 Å². The first-order valence-electron chi connectivity index (χ1n) is 9.32. The Morgan fingerprint density at radius 1 is 1.24 bits per heavy atom. The summed E-state index contributed by atoms with van der Waals surface area (Å²) >= 11 is 0. The standard InChI is InChI=1S/C21H25FN4O3/c1-21(2,3)29-20(27)24-8-9-28-18-7-5-15(22)12-14(18)10-13-4-6-17-16(11-13)19(23)26-25-17/h4-7,11-12H,8-10H2,1-3H3,(H,24,27)(H3,23,25,26). The number of H-pyrrole nitrogens is 1. The van der Waals surface area contributed by atoms with Crippen molar-refractivity contribution in [3.05, 3.63) is 53.3 Å². The summed E-state index contributed by atoms with van der Waals surface area (Å²) in [5, 5.41) is 10.3. The van der Waals surface area contributed by atoms with E-state index in [1.807, 2.05) is 18.2 Å². The lowest BCUT2D eigenvalue weighted by Crippen LogP contribution is -2.34. The molecule has 0 fully saturated rings. The van der Waals surface area contributed by atoms with Gasteiger partial charge in [0.25, 0.3) is 0 Å². The summed E-state index contributed by atoms with van der Waals surface area (Å²) in [6.07, 6.45) is -0.0425. The van der Waals surface area contributed by atoms with Crippen LogP contribution in [0.5, 0.6) is 5.75 Å². The van der Waals surface area contributed by atoms with E-state index in [-0.39, 0.29) is 19.0 Å². The number of amides is 1. The van der Waals surface area contributed by atoms with E-state index in [9.17, 15) is 9.18 Å². The number of carbonyl (C=O) groups excluding carboxylic acids is 1. The molecule has 0 aliphatic carbocycles. The van der Waals surface area contributed by atoms with Gasteiger partial charge in [-0.1, -0.05) is 6.07 Å². The zero-order valence-corrected chi connectivity index (χ0v) is 16.7. The monoisotopic (exact) mass is 400 g/mol. The lowest BCUT2D eigenvalue weighted by molar-refractivity contribution is 0.0520. The first kappa shape index (κ1) is 20.4. The van der Waals surface area contributed by atoms with Crippen LogP contribution in [0, 0.1) is 5.82 Å². The van der Waals surface area contributed by atoms with Crippen LogP contribution in [0.15, 0.2) is 36.4 Å². The van der Waals surface area contributed by atoms with E-state index in [2.05, 4.69) is 15.5 Å². The van der Waals surface area contributed by atoms with Crippen LogP contribution in [-0.2, 0) is 11.2 Å². The third-order valence-electron chi connectivity index (χ3n) is 4.10. The Kier molecular flexibility index (Phi) is 5.91. The molecule has 1 amide bonds. The minimum Gasteiger partial charge on any atom is -0.491 e. The zero-order chi connectivity index (χ0) is 21.0. The van der Waals surface area contributed by atoms with Crippen LogP contribution in [0.25, 0.3) is 10.9 Å². The first-order valence-corrected chi connectivity index (χ1v) is 9.32. The maximum absolute atomic E-state index is 13.8. The van der Waals surface area contributed by atoms with Gasteiger partial charge in [0.05, 0.1) is 12.1 Å². The first-order chi connectivity index (χ1) is 13.7. The predicted molar refractivity (Wildman–Crippen MR) is 109 cm³/mol. The van der Waals surface area contributed by atoms with Crippen LogP contribution in [0.3, 0.4) is 0 Å². The van der Waals surface area contributed by atoms with Gasteiger partial charge in [-0.2, -0.15) is 5.10 Å². The largest absolute Gasteiger partial charge is 0.491 e. The number of fused-ring (bicyclic) bond motifs is 1. The van der Waals surface area contributed by atoms with Crippen molar-refractivity contribution in [2.75, 3.05) is 18.9 Å². The van der Waals surface area contributed by atoms with E-state index < -0.39 is 11.7 Å². The van der Waals surface area contributed by atoms with Gasteiger partial charge in [0.15, 0.2) is 5.82 Å². The SMILES string of the molecule is CC(C)(C)OC(=O)NCCOc1ccc(F)cc1Cc1ccc2[nH]nc(N)c2c1. The van der Waals surface area contributed by atoms with Crippen molar-refractivity contribution in [1.29, 1.82) is 0 Å². The summed E-state index contributed by atoms with van der Waals surface area (Å²) in [6.45, 7) is 5.88. The number of benzene rings is 2. The molecule has 0 saturated carbocycles. The number of halogens is 1. The van der Waals surface area contributed by atoms with Crippen LogP contribution >= 0.6 is 0 Å². The summed E-state index contributed by atoms with van der Waals surface area (Å²) < 4.78 is 24.7. The van der Waals surface area contributed by atoms with Gasteiger partial charge in [-0.15, -0.1) is 0 Å². The number of nitrogens with one attached hydrogen (secondary N) is 2. The molecule has 2 aromatic carbocycles. The van der Waals surface area contributed by atoms with E-state index in [1.165, 1.54) is 12.1 Å². The van der Waals surface area contributed by atoms with Crippen LogP contribution in [0.1, 0.15) is 31.9 Å². The Morgan fingerprint density at radius 3 is 2.79 bits per heavy atom. The van der Waals surface area contributed by atoms with Crippen molar-refractivity contribution >= 4 is 22.8 Å². The molecule has 29 heavy (non-hydrogen) atoms. The third-order valence-corrected chi connectivity index (χ3v) is 4.10. The fraction of sp³-hybridized carbons (Fsp3) is 0.333. The second-order valence-corrected chi connectivity index (χ2v) is 7.69. The van der Waals surface area contributed by atoms with Crippen molar-refractivity contribution < 1.29 is 18.7 Å². The molecule has 4 N–H and O–H groups in total. The molecule has 0 aliphatic heterocycles. The quantitative estimate of drug-likeness (QED) is 0.547. The molecular formula is C21H25FN4O3. The Bertz CT molecular complexity index is 1010. The minimum absolute atomic E-state index is 0.228. The number of hydrogen-bond donors (Lipinski definition) is 3. The zero-order valence-electron chi connectivity index (χ0n) is 16.7. The fourth-order valence-electron chi connectivity index (χ4n) is 2.87. The summed E-state index contributed by atoms with van der Waals surface area (Å²) in [6, 6.07) is 10.1. The van der Waals surface area contributed by atoms with Gasteiger partial charge in [0.2, 0.25) is 0 Å². The van der Waals surface area contributed by atoms with E-state index in [0.29, 0.717) is 23.6 Å². The van der Waals surface area contributed by atoms with Crippen molar-refractivity contribution in [1.82, 2.24) is 15.5 Å². The summed E-state index contributed by atoms with van der Waals surface area (Å²) in [5.74, 6) is 0.631. The molecule has 3 rings (SSSR count). The molecule has 0 radical (unpaired) electrons. The van der Waals surface area contributed by atoms with E-state index in [1.54, 1.807) is 26.8 Å². The number of hydrogen-bond acceptors (Lipinski definition) is 5. The van der Waals surface area contributed by atoms with Gasteiger partial charge in [0, 0.05) is 17.4 Å². The number of anilines is 1. The molecule has 154 valence electrons. The number of nitrogen functional groups attached to an aromatic ring is 1. The molecule has 0 aliphatic rings. The van der Waals surface area contributed by atoms with Crippen LogP contribution in [-0.4, -0.2) is 35.0 Å². The molecule has 3 aromatic rings. The van der Waals surface area contributed by atoms with Gasteiger partial charge in [-0.25, -0.2) is 9.18 Å². The second kappa shape index (κ2) is 8.38. The maximum atomic E-state index is 13.8. The Morgan fingerprint density at radius 2 is 2.03 bits per heavy atom. The normalized spacial score (nSPS) is 11.4. The average molecular weight is 400 g/mol. The smallest absolute Gasteiger partial charge is 0.407 e. The number of aromatic nitrogens is 2. The number of aromatic amines is 1. The molecule has 0 spiro atoms. The van der Waals surface area contributed by atoms with Crippen molar-refractivity contribution in [3.8, 4) is 5.75 Å². The number of nitrogens with two attached hydrogens (primary N) is 1. The molecule has 0 atom stereocenters. The molecule has 0 unspecified atom stereocenters. The second-order valence-electron chi connectivity index (χ2n) is 7.69. The van der Waals surface area contributed by atoms with Gasteiger partial charge < -0.3 is 20.5 Å². The number of nitrogens with zero attached hydrogens (tertiary/aromatic N) is 1. The summed E-state index contributed by atoms with van der Waals surface area (Å²) in [4.78, 5) is 11.7. The summed E-state index contributed by atoms with van der Waals surface area (Å²) in [5.41, 5.74) is 7.80. The molecular weight excluding hydrogens is 375 g/mol. The van der Waals surface area contributed by atoms with Crippen molar-refractivity contribution in [2.24, 2.45) is 0 Å². The number of alkyl carbamates (subject to hydrolysis) is 1. The molecule has 0 saturated heterocycles. The predicted octanol–water partition coefficient (Wildman–Crippen LogP) is 3.78. The van der Waals surface area contributed by atoms with Gasteiger partial charge in [0.1, 0.15) is 23.8 Å². The average Bonchev–Trinajstić information content (AvgIpc) is 2.99. The van der Waals surface area contributed by atoms with Crippen molar-refractivity contribution in [2.45, 2.75) is 32.8 Å². The highest BCUT2D eigenvalue weighted by Gasteiger charge is 2.15. The molecule has 0 bridgehead atoms. The fourth-order valence-corrected chi connectivity index (χ4v) is 2.87. The topological polar surface area (TPSA) is 102 Å². The highest BCUT2D eigenvalue weighted by Crippen LogP contribution is 2.26. The molecule has 7 nitrogen and oxygen atoms in total. The highest BCUT2D eigenvalue weighted by molar-refractivity contribution is 5.89. The molecule has 1 heterocycles. The molecule has 1 aromatic heterocycles. The van der Waals surface area contributed by atoms with Gasteiger partial charge >= 0.3 is 6.09 Å². The van der Waals surface area contributed by atoms with E-state index >= 15 is 0 Å². The number of ether oxygens (including phenoxy) is 2. The Balaban J connectivity index is 1.64. The number of rotatable bonds is 6. The maximum Gasteiger partial charge on any atom is 0.407 e. The third kappa shape index (κ3) is 5.60. The molecule has 8 heteroatoms. The minimum atomic E-state index is -0.561. The highest BCUT2D eigenvalue weighted by atomic mass is 19.1. The lowest BCUT2D eigenvalue weighted by Gasteiger charge is -2.19. The van der Waals surface area contributed by atoms with Gasteiger partial charge in [-0.3, -0.25) is 5.10 Å². The van der Waals surface area contributed by atoms with Crippen molar-refractivity contribution in [3.63, 3.8) is 0 Å². The Labute approximate surface area is 168 Å². The van der Waals surface area contributed by atoms with Gasteiger partial charge in [-0.05, 0) is 56.7 Å². The van der Waals surface area contributed by atoms with E-state index in [4.69, 9.17) is 15.2 Å². The summed E-state index contributed by atoms with van der Waals surface area (Å²) in [7, 11) is 0.